The van der Waals surface area contributed by atoms with E-state index in [-0.39, 0.29) is 0 Å². The van der Waals surface area contributed by atoms with Crippen LogP contribution in [0.1, 0.15) is 0 Å². The molecule has 3 nitrogen and oxygen atoms in total. The Labute approximate surface area is 35.1 Å². The molecule has 0 spiro atoms. The molecular formula is C3H2N3+. The summed E-state index contributed by atoms with van der Waals surface area (Å²) < 4.78 is 0. The van der Waals surface area contributed by atoms with Crippen LogP contribution < -0.4 is 4.99 Å². The zero-order chi connectivity index (χ0) is 4.24. The number of rotatable bonds is 0. The lowest BCUT2D eigenvalue weighted by Gasteiger charge is -1.60. The van der Waals surface area contributed by atoms with E-state index in [1.54, 1.807) is 0 Å². The summed E-state index contributed by atoms with van der Waals surface area (Å²) in [6.07, 6.45) is 5.09. The second-order valence-corrected chi connectivity index (χ2v) is 0.738. The average molecular weight is 80.1 g/mol. The summed E-state index contributed by atoms with van der Waals surface area (Å²) in [4.78, 5) is 10.4. The first-order valence-corrected chi connectivity index (χ1v) is 1.48. The molecule has 1 aliphatic rings. The van der Waals surface area contributed by atoms with Gasteiger partial charge in [0.15, 0.2) is 0 Å². The Morgan fingerprint density at radius 2 is 2.67 bits per heavy atom. The van der Waals surface area contributed by atoms with Crippen LogP contribution in [0.5, 0.6) is 0 Å². The van der Waals surface area contributed by atoms with Crippen molar-refractivity contribution < 1.29 is 0 Å². The lowest BCUT2D eigenvalue weighted by Crippen LogP contribution is -1.91. The highest BCUT2D eigenvalue weighted by Crippen LogP contribution is 1.59. The molecule has 0 aliphatic carbocycles. The summed E-state index contributed by atoms with van der Waals surface area (Å²) in [6, 6.07) is 0. The van der Waals surface area contributed by atoms with Gasteiger partial charge in [-0.2, -0.15) is 0 Å². The third kappa shape index (κ3) is 0.484. The van der Waals surface area contributed by atoms with Crippen LogP contribution >= 0.6 is 0 Å². The molecule has 1 heterocycles. The Bertz CT molecular complexity index is 75.4. The van der Waals surface area contributed by atoms with E-state index < -0.39 is 0 Å². The fourth-order valence-electron chi connectivity index (χ4n) is 0.181. The van der Waals surface area contributed by atoms with Gasteiger partial charge in [-0.25, -0.2) is 0 Å². The van der Waals surface area contributed by atoms with Gasteiger partial charge in [-0.15, -0.1) is 0 Å². The van der Waals surface area contributed by atoms with Crippen LogP contribution in [0, 0.1) is 0 Å². The molecule has 6 heavy (non-hydrogen) atoms. The normalized spacial score (nSPS) is 16.0. The molecule has 1 aliphatic heterocycles. The predicted octanol–water partition coefficient (Wildman–Crippen LogP) is -0.702. The highest BCUT2D eigenvalue weighted by molar-refractivity contribution is 5.84. The number of aliphatic imine (C=N–C) groups is 3. The van der Waals surface area contributed by atoms with Crippen LogP contribution in [0.2, 0.25) is 0 Å². The third-order valence-corrected chi connectivity index (χ3v) is 0.364. The minimum atomic E-state index is 1.38. The molecule has 3 heteroatoms. The van der Waals surface area contributed by atoms with Gasteiger partial charge in [-0.3, -0.25) is 0 Å². The smallest absolute Gasteiger partial charge is 0.0779 e. The van der Waals surface area contributed by atoms with Crippen LogP contribution in [0.4, 0.5) is 0 Å². The SMILES string of the molecule is [C]1=NC=NC=[N+]1. The zero-order valence-electron chi connectivity index (χ0n) is 3.00. The van der Waals surface area contributed by atoms with Crippen LogP contribution in [0.25, 0.3) is 0 Å². The Kier molecular flexibility index (Phi) is 0.774. The Balaban J connectivity index is 2.77. The second kappa shape index (κ2) is 1.45. The molecule has 0 atom stereocenters. The molecule has 0 bridgehead atoms. The summed E-state index contributed by atoms with van der Waals surface area (Å²) in [7, 11) is 0. The summed E-state index contributed by atoms with van der Waals surface area (Å²) in [6.45, 7) is 0. The average Bonchev–Trinajstić information content (AvgIpc) is 1.72. The van der Waals surface area contributed by atoms with E-state index >= 15 is 0 Å². The van der Waals surface area contributed by atoms with Crippen LogP contribution in [-0.2, 0) is 0 Å². The van der Waals surface area contributed by atoms with E-state index in [1.165, 1.54) is 12.7 Å². The molecular weight excluding hydrogens is 78.1 g/mol. The number of nitrogens with zero attached hydrogens (tertiary/aromatic N) is 3. The Hall–Kier alpha value is -0.990. The summed E-state index contributed by atoms with van der Waals surface area (Å²) >= 11 is 0. The quantitative estimate of drug-likeness (QED) is 0.369. The van der Waals surface area contributed by atoms with Crippen molar-refractivity contribution in [2.45, 2.75) is 0 Å². The summed E-state index contributed by atoms with van der Waals surface area (Å²) in [5.74, 6) is 0. The van der Waals surface area contributed by atoms with Gasteiger partial charge in [0.25, 0.3) is 12.7 Å². The van der Waals surface area contributed by atoms with Gasteiger partial charge < -0.3 is 0 Å². The van der Waals surface area contributed by atoms with Crippen molar-refractivity contribution in [3.8, 4) is 0 Å². The van der Waals surface area contributed by atoms with Crippen molar-refractivity contribution >= 4 is 19.0 Å². The van der Waals surface area contributed by atoms with E-state index in [0.29, 0.717) is 0 Å². The monoisotopic (exact) mass is 80.0 g/mol. The molecule has 0 aromatic heterocycles. The van der Waals surface area contributed by atoms with E-state index in [4.69, 9.17) is 0 Å². The van der Waals surface area contributed by atoms with Crippen molar-refractivity contribution in [1.82, 2.24) is 4.99 Å². The molecule has 0 N–H and O–H groups in total. The maximum Gasteiger partial charge on any atom is 0.380 e. The van der Waals surface area contributed by atoms with Gasteiger partial charge in [-0.05, 0) is 0 Å². The van der Waals surface area contributed by atoms with Crippen LogP contribution in [0.3, 0.4) is 0 Å². The number of hydrogen-bond donors (Lipinski definition) is 0. The van der Waals surface area contributed by atoms with Gasteiger partial charge in [0.05, 0.1) is 0 Å². The first-order chi connectivity index (χ1) is 3.00. The van der Waals surface area contributed by atoms with E-state index in [0.717, 1.165) is 0 Å². The van der Waals surface area contributed by atoms with Crippen LogP contribution in [-0.4, -0.2) is 19.0 Å². The van der Waals surface area contributed by atoms with Crippen molar-refractivity contribution in [2.24, 2.45) is 9.98 Å². The lowest BCUT2D eigenvalue weighted by molar-refractivity contribution is 1.47. The second-order valence-electron chi connectivity index (χ2n) is 0.738. The van der Waals surface area contributed by atoms with Crippen molar-refractivity contribution in [3.05, 3.63) is 0 Å². The molecule has 0 aromatic carbocycles. The van der Waals surface area contributed by atoms with E-state index in [2.05, 4.69) is 21.3 Å². The minimum absolute atomic E-state index is 1.38. The maximum absolute atomic E-state index is 3.53. The summed E-state index contributed by atoms with van der Waals surface area (Å²) in [5.41, 5.74) is 0. The standard InChI is InChI=1S/C3H2N3/c1-4-2-6-3-5-1/h1-2H/q+1. The van der Waals surface area contributed by atoms with Crippen molar-refractivity contribution in [3.63, 3.8) is 0 Å². The van der Waals surface area contributed by atoms with E-state index in [9.17, 15) is 0 Å². The molecule has 2 radical (unpaired) electrons. The molecule has 0 saturated heterocycles. The molecule has 0 saturated carbocycles. The maximum atomic E-state index is 3.53. The topological polar surface area (TPSA) is 38.8 Å². The number of hydrogen-bond acceptors (Lipinski definition) is 3. The zero-order valence-corrected chi connectivity index (χ0v) is 3.00. The van der Waals surface area contributed by atoms with Gasteiger partial charge in [-0.1, -0.05) is 15.0 Å². The Morgan fingerprint density at radius 1 is 1.67 bits per heavy atom. The van der Waals surface area contributed by atoms with Gasteiger partial charge in [0, 0.05) is 0 Å². The van der Waals surface area contributed by atoms with Gasteiger partial charge in [0.2, 0.25) is 0 Å². The van der Waals surface area contributed by atoms with Crippen molar-refractivity contribution in [2.75, 3.05) is 0 Å². The molecule has 0 amide bonds. The highest BCUT2D eigenvalue weighted by Gasteiger charge is 1.84. The largest absolute Gasteiger partial charge is 0.380 e. The lowest BCUT2D eigenvalue weighted by atomic mass is 11.0. The van der Waals surface area contributed by atoms with Gasteiger partial charge in [0.1, 0.15) is 0 Å². The minimum Gasteiger partial charge on any atom is -0.0779 e. The molecule has 0 aromatic rings. The van der Waals surface area contributed by atoms with Gasteiger partial charge >= 0.3 is 6.34 Å². The third-order valence-electron chi connectivity index (χ3n) is 0.364. The fourth-order valence-corrected chi connectivity index (χ4v) is 0.181. The fraction of sp³-hybridized carbons (Fsp3) is 0. The summed E-state index contributed by atoms with van der Waals surface area (Å²) in [5, 5.41) is 0. The molecule has 28 valence electrons. The van der Waals surface area contributed by atoms with Crippen molar-refractivity contribution in [1.29, 1.82) is 0 Å². The highest BCUT2D eigenvalue weighted by atomic mass is 15.0. The molecule has 0 fully saturated rings. The molecule has 1 rings (SSSR count). The Morgan fingerprint density at radius 3 is 2.83 bits per heavy atom. The first-order valence-electron chi connectivity index (χ1n) is 1.48. The molecule has 0 unspecified atom stereocenters. The van der Waals surface area contributed by atoms with Crippen LogP contribution in [0.15, 0.2) is 9.98 Å². The first kappa shape index (κ1) is 3.21. The van der Waals surface area contributed by atoms with E-state index in [1.807, 2.05) is 0 Å². The predicted molar refractivity (Wildman–Crippen MR) is 24.1 cm³/mol.